The number of nitrogens with zero attached hydrogens (tertiary/aromatic N) is 3. The van der Waals surface area contributed by atoms with Crippen LogP contribution in [0.15, 0.2) is 42.6 Å². The van der Waals surface area contributed by atoms with Crippen molar-refractivity contribution in [1.82, 2.24) is 15.0 Å². The molecule has 0 aliphatic rings. The van der Waals surface area contributed by atoms with Crippen LogP contribution in [0.5, 0.6) is 0 Å². The summed E-state index contributed by atoms with van der Waals surface area (Å²) >= 11 is 5.84. The van der Waals surface area contributed by atoms with Crippen LogP contribution in [0.2, 0.25) is 5.28 Å². The maximum atomic E-state index is 13.0. The first kappa shape index (κ1) is 15.5. The van der Waals surface area contributed by atoms with Crippen LogP contribution < -0.4 is 5.32 Å². The van der Waals surface area contributed by atoms with Gasteiger partial charge in [-0.1, -0.05) is 18.2 Å². The number of rotatable bonds is 3. The molecule has 1 N–H and O–H groups in total. The van der Waals surface area contributed by atoms with Gasteiger partial charge in [0, 0.05) is 12.7 Å². The highest BCUT2D eigenvalue weighted by atomic mass is 35.5. The molecule has 0 bridgehead atoms. The maximum Gasteiger partial charge on any atom is 0.416 e. The largest absolute Gasteiger partial charge is 0.416 e. The lowest BCUT2D eigenvalue weighted by molar-refractivity contribution is -0.138. The third-order valence-corrected chi connectivity index (χ3v) is 3.37. The molecule has 2 aromatic heterocycles. The van der Waals surface area contributed by atoms with E-state index in [1.165, 1.54) is 12.1 Å². The summed E-state index contributed by atoms with van der Waals surface area (Å²) in [7, 11) is 0. The zero-order valence-corrected chi connectivity index (χ0v) is 12.4. The van der Waals surface area contributed by atoms with Crippen molar-refractivity contribution in [1.29, 1.82) is 0 Å². The lowest BCUT2D eigenvalue weighted by Gasteiger charge is -2.14. The molecule has 3 rings (SSSR count). The van der Waals surface area contributed by atoms with Gasteiger partial charge in [-0.25, -0.2) is 4.98 Å². The molecule has 2 heterocycles. The first-order chi connectivity index (χ1) is 10.9. The molecule has 8 heteroatoms. The van der Waals surface area contributed by atoms with Crippen molar-refractivity contribution in [2.75, 3.05) is 5.32 Å². The summed E-state index contributed by atoms with van der Waals surface area (Å²) in [6.07, 6.45) is -2.86. The van der Waals surface area contributed by atoms with Gasteiger partial charge in [0.2, 0.25) is 5.28 Å². The summed E-state index contributed by atoms with van der Waals surface area (Å²) in [6, 6.07) is 8.74. The van der Waals surface area contributed by atoms with Crippen molar-refractivity contribution in [3.63, 3.8) is 0 Å². The van der Waals surface area contributed by atoms with Crippen molar-refractivity contribution in [3.8, 4) is 0 Å². The number of nitrogens with one attached hydrogen (secondary N) is 1. The van der Waals surface area contributed by atoms with Gasteiger partial charge in [-0.3, -0.25) is 4.98 Å². The second-order valence-corrected chi connectivity index (χ2v) is 5.06. The zero-order valence-electron chi connectivity index (χ0n) is 11.6. The smallest absolute Gasteiger partial charge is 0.364 e. The van der Waals surface area contributed by atoms with E-state index in [4.69, 9.17) is 11.6 Å². The quantitative estimate of drug-likeness (QED) is 0.723. The predicted octanol–water partition coefficient (Wildman–Crippen LogP) is 4.31. The number of aromatic nitrogens is 3. The van der Waals surface area contributed by atoms with Gasteiger partial charge in [0.05, 0.1) is 11.1 Å². The van der Waals surface area contributed by atoms with E-state index >= 15 is 0 Å². The molecule has 0 aliphatic carbocycles. The third-order valence-electron chi connectivity index (χ3n) is 3.20. The lowest BCUT2D eigenvalue weighted by Crippen LogP contribution is -2.12. The molecule has 0 saturated heterocycles. The first-order valence-electron chi connectivity index (χ1n) is 6.62. The van der Waals surface area contributed by atoms with Gasteiger partial charge in [0.15, 0.2) is 5.82 Å². The molecular formula is C15H10ClF3N4. The fraction of sp³-hybridized carbons (Fsp3) is 0.133. The van der Waals surface area contributed by atoms with E-state index < -0.39 is 11.7 Å². The summed E-state index contributed by atoms with van der Waals surface area (Å²) in [4.78, 5) is 12.2. The van der Waals surface area contributed by atoms with Crippen LogP contribution in [-0.4, -0.2) is 15.0 Å². The highest BCUT2D eigenvalue weighted by molar-refractivity contribution is 6.28. The summed E-state index contributed by atoms with van der Waals surface area (Å²) in [5, 5.41) is 2.86. The predicted molar refractivity (Wildman–Crippen MR) is 81.1 cm³/mol. The van der Waals surface area contributed by atoms with E-state index in [0.717, 1.165) is 6.07 Å². The van der Waals surface area contributed by atoms with Gasteiger partial charge in [0.25, 0.3) is 0 Å². The minimum atomic E-state index is -4.41. The van der Waals surface area contributed by atoms with Crippen LogP contribution in [0, 0.1) is 0 Å². The number of halogens is 4. The first-order valence-corrected chi connectivity index (χ1v) is 7.00. The lowest BCUT2D eigenvalue weighted by atomic mass is 10.1. The molecule has 0 radical (unpaired) electrons. The summed E-state index contributed by atoms with van der Waals surface area (Å²) < 4.78 is 39.0. The monoisotopic (exact) mass is 338 g/mol. The van der Waals surface area contributed by atoms with Crippen molar-refractivity contribution in [2.24, 2.45) is 0 Å². The Morgan fingerprint density at radius 3 is 2.61 bits per heavy atom. The Labute approximate surface area is 134 Å². The standard InChI is InChI=1S/C15H10ClF3N4/c16-14-22-11-6-3-7-20-12(11)13(23-14)21-8-9-4-1-2-5-10(9)15(17,18)19/h1-7H,8H2,(H,21,22,23). The molecule has 3 aromatic rings. The second-order valence-electron chi connectivity index (χ2n) is 4.72. The number of benzene rings is 1. The van der Waals surface area contributed by atoms with E-state index in [0.29, 0.717) is 11.0 Å². The fourth-order valence-electron chi connectivity index (χ4n) is 2.19. The number of hydrogen-bond donors (Lipinski definition) is 1. The Hall–Kier alpha value is -2.41. The second kappa shape index (κ2) is 6.00. The van der Waals surface area contributed by atoms with Gasteiger partial charge < -0.3 is 5.32 Å². The third kappa shape index (κ3) is 3.34. The van der Waals surface area contributed by atoms with Gasteiger partial charge in [-0.2, -0.15) is 18.2 Å². The van der Waals surface area contributed by atoms with E-state index in [9.17, 15) is 13.2 Å². The number of pyridine rings is 1. The Bertz CT molecular complexity index is 851. The molecule has 0 atom stereocenters. The number of hydrogen-bond acceptors (Lipinski definition) is 4. The molecule has 0 fully saturated rings. The minimum Gasteiger partial charge on any atom is -0.364 e. The highest BCUT2D eigenvalue weighted by Crippen LogP contribution is 2.32. The van der Waals surface area contributed by atoms with Crippen LogP contribution in [-0.2, 0) is 12.7 Å². The molecule has 0 aliphatic heterocycles. The molecule has 0 saturated carbocycles. The van der Waals surface area contributed by atoms with E-state index in [1.54, 1.807) is 24.4 Å². The SMILES string of the molecule is FC(F)(F)c1ccccc1CNc1nc(Cl)nc2cccnc12. The molecular weight excluding hydrogens is 329 g/mol. The minimum absolute atomic E-state index is 0.00268. The Morgan fingerprint density at radius 2 is 1.83 bits per heavy atom. The Kier molecular flexibility index (Phi) is 4.04. The molecule has 0 spiro atoms. The van der Waals surface area contributed by atoms with Crippen molar-refractivity contribution < 1.29 is 13.2 Å². The van der Waals surface area contributed by atoms with E-state index in [2.05, 4.69) is 20.3 Å². The van der Waals surface area contributed by atoms with Gasteiger partial charge in [0.1, 0.15) is 5.52 Å². The van der Waals surface area contributed by atoms with Crippen LogP contribution >= 0.6 is 11.6 Å². The average molecular weight is 339 g/mol. The average Bonchev–Trinajstić information content (AvgIpc) is 2.52. The molecule has 4 nitrogen and oxygen atoms in total. The summed E-state index contributed by atoms with van der Waals surface area (Å²) in [5.74, 6) is 0.289. The molecule has 0 amide bonds. The number of anilines is 1. The number of fused-ring (bicyclic) bond motifs is 1. The maximum absolute atomic E-state index is 13.0. The topological polar surface area (TPSA) is 50.7 Å². The molecule has 118 valence electrons. The summed E-state index contributed by atoms with van der Waals surface area (Å²) in [5.41, 5.74) is 0.379. The van der Waals surface area contributed by atoms with E-state index in [1.807, 2.05) is 0 Å². The molecule has 0 unspecified atom stereocenters. The van der Waals surface area contributed by atoms with Gasteiger partial charge >= 0.3 is 6.18 Å². The van der Waals surface area contributed by atoms with Crippen LogP contribution in [0.4, 0.5) is 19.0 Å². The van der Waals surface area contributed by atoms with Crippen LogP contribution in [0.25, 0.3) is 11.0 Å². The van der Waals surface area contributed by atoms with Crippen molar-refractivity contribution in [2.45, 2.75) is 12.7 Å². The van der Waals surface area contributed by atoms with Crippen molar-refractivity contribution >= 4 is 28.5 Å². The number of alkyl halides is 3. The molecule has 23 heavy (non-hydrogen) atoms. The van der Waals surface area contributed by atoms with Gasteiger partial charge in [-0.05, 0) is 35.4 Å². The Balaban J connectivity index is 1.93. The van der Waals surface area contributed by atoms with Crippen LogP contribution in [0.3, 0.4) is 0 Å². The van der Waals surface area contributed by atoms with Gasteiger partial charge in [-0.15, -0.1) is 0 Å². The highest BCUT2D eigenvalue weighted by Gasteiger charge is 2.32. The van der Waals surface area contributed by atoms with E-state index in [-0.39, 0.29) is 23.2 Å². The summed E-state index contributed by atoms with van der Waals surface area (Å²) in [6.45, 7) is -0.0608. The zero-order chi connectivity index (χ0) is 16.4. The Morgan fingerprint density at radius 1 is 1.04 bits per heavy atom. The van der Waals surface area contributed by atoms with Crippen LogP contribution in [0.1, 0.15) is 11.1 Å². The normalized spacial score (nSPS) is 11.7. The molecule has 1 aromatic carbocycles. The van der Waals surface area contributed by atoms with Crippen molar-refractivity contribution in [3.05, 3.63) is 59.0 Å². The fourth-order valence-corrected chi connectivity index (χ4v) is 2.37.